The van der Waals surface area contributed by atoms with E-state index in [0.29, 0.717) is 22.3 Å². The van der Waals surface area contributed by atoms with E-state index < -0.39 is 0 Å². The summed E-state index contributed by atoms with van der Waals surface area (Å²) in [5, 5.41) is 14.0. The number of hydrogen-bond acceptors (Lipinski definition) is 3. The van der Waals surface area contributed by atoms with Crippen molar-refractivity contribution in [2.45, 2.75) is 33.2 Å². The Morgan fingerprint density at radius 1 is 1.12 bits per heavy atom. The van der Waals surface area contributed by atoms with Crippen molar-refractivity contribution in [3.8, 4) is 0 Å². The Hall–Kier alpha value is -2.10. The van der Waals surface area contributed by atoms with Gasteiger partial charge in [0.2, 0.25) is 0 Å². The predicted octanol–water partition coefficient (Wildman–Crippen LogP) is 6.63. The second kappa shape index (κ2) is 8.07. The van der Waals surface area contributed by atoms with Crippen LogP contribution in [0.15, 0.2) is 42.5 Å². The third kappa shape index (κ3) is 4.00. The molecule has 1 heterocycles. The highest BCUT2D eigenvalue weighted by molar-refractivity contribution is 6.42. The minimum atomic E-state index is 0.553. The molecule has 3 nitrogen and oxygen atoms in total. The smallest absolute Gasteiger partial charge is 0.0816 e. The first-order valence-corrected chi connectivity index (χ1v) is 9.41. The molecule has 1 aromatic heterocycles. The molecule has 0 fully saturated rings. The molecule has 2 N–H and O–H groups in total. The van der Waals surface area contributed by atoms with Gasteiger partial charge in [-0.05, 0) is 37.1 Å². The lowest BCUT2D eigenvalue weighted by atomic mass is 10.0. The molecule has 5 heteroatoms. The number of fused-ring (bicyclic) bond motifs is 1. The van der Waals surface area contributed by atoms with Crippen LogP contribution in [0.3, 0.4) is 0 Å². The second-order valence-corrected chi connectivity index (χ2v) is 7.16. The first-order chi connectivity index (χ1) is 12.5. The van der Waals surface area contributed by atoms with Crippen LogP contribution in [0.5, 0.6) is 0 Å². The van der Waals surface area contributed by atoms with Crippen molar-refractivity contribution >= 4 is 45.5 Å². The Balaban J connectivity index is 1.96. The highest BCUT2D eigenvalue weighted by atomic mass is 35.5. The van der Waals surface area contributed by atoms with Gasteiger partial charge in [0.15, 0.2) is 0 Å². The highest BCUT2D eigenvalue weighted by Gasteiger charge is 2.11. The number of halogens is 2. The average molecular weight is 386 g/mol. The molecule has 0 aliphatic heterocycles. The monoisotopic (exact) mass is 385 g/mol. The van der Waals surface area contributed by atoms with Gasteiger partial charge in [-0.3, -0.25) is 4.98 Å². The van der Waals surface area contributed by atoms with Crippen LogP contribution in [-0.2, 0) is 6.54 Å². The first kappa shape index (κ1) is 18.7. The minimum Gasteiger partial charge on any atom is -0.380 e. The van der Waals surface area contributed by atoms with Crippen molar-refractivity contribution in [2.24, 2.45) is 0 Å². The standard InChI is InChI=1S/C21H21Cl2N3/c1-3-5-19(24)15-6-4-7-16-20(10-13(2)26-21(15)16)25-12-14-8-9-17(22)18(23)11-14/h4,6-11,24H,3,5,12H2,1-2H3,(H,25,26). The van der Waals surface area contributed by atoms with E-state index in [4.69, 9.17) is 33.6 Å². The topological polar surface area (TPSA) is 48.8 Å². The number of hydrogen-bond donors (Lipinski definition) is 2. The summed E-state index contributed by atoms with van der Waals surface area (Å²) in [6.07, 6.45) is 1.70. The first-order valence-electron chi connectivity index (χ1n) is 8.65. The van der Waals surface area contributed by atoms with Crippen LogP contribution in [0, 0.1) is 12.3 Å². The molecule has 0 amide bonds. The fourth-order valence-corrected chi connectivity index (χ4v) is 3.32. The quantitative estimate of drug-likeness (QED) is 0.467. The van der Waals surface area contributed by atoms with Gasteiger partial charge in [0.1, 0.15) is 0 Å². The molecule has 134 valence electrons. The summed E-state index contributed by atoms with van der Waals surface area (Å²) in [5.41, 5.74) is 5.40. The Morgan fingerprint density at radius 2 is 1.92 bits per heavy atom. The van der Waals surface area contributed by atoms with Crippen molar-refractivity contribution < 1.29 is 0 Å². The van der Waals surface area contributed by atoms with Crippen molar-refractivity contribution in [3.63, 3.8) is 0 Å². The molecule has 0 bridgehead atoms. The Bertz CT molecular complexity index is 967. The van der Waals surface area contributed by atoms with Gasteiger partial charge in [-0.1, -0.05) is 60.8 Å². The second-order valence-electron chi connectivity index (χ2n) is 6.34. The van der Waals surface area contributed by atoms with Gasteiger partial charge in [-0.25, -0.2) is 0 Å². The van der Waals surface area contributed by atoms with Crippen molar-refractivity contribution in [1.29, 1.82) is 5.41 Å². The third-order valence-electron chi connectivity index (χ3n) is 4.26. The number of pyridine rings is 1. The number of benzene rings is 2. The molecule has 2 aromatic carbocycles. The molecule has 0 saturated heterocycles. The summed E-state index contributed by atoms with van der Waals surface area (Å²) in [4.78, 5) is 4.70. The lowest BCUT2D eigenvalue weighted by Crippen LogP contribution is -2.05. The zero-order valence-electron chi connectivity index (χ0n) is 14.9. The summed E-state index contributed by atoms with van der Waals surface area (Å²) in [7, 11) is 0. The third-order valence-corrected chi connectivity index (χ3v) is 5.00. The molecule has 0 atom stereocenters. The Labute approximate surface area is 163 Å². The maximum atomic E-state index is 8.35. The number of para-hydroxylation sites is 1. The molecular formula is C21H21Cl2N3. The van der Waals surface area contributed by atoms with E-state index in [0.717, 1.165) is 46.3 Å². The molecule has 0 aliphatic carbocycles. The van der Waals surface area contributed by atoms with E-state index in [1.165, 1.54) is 0 Å². The molecule has 0 saturated carbocycles. The van der Waals surface area contributed by atoms with Crippen molar-refractivity contribution in [1.82, 2.24) is 4.98 Å². The average Bonchev–Trinajstić information content (AvgIpc) is 2.62. The van der Waals surface area contributed by atoms with E-state index in [9.17, 15) is 0 Å². The summed E-state index contributed by atoms with van der Waals surface area (Å²) in [6, 6.07) is 13.7. The van der Waals surface area contributed by atoms with E-state index in [2.05, 4.69) is 12.2 Å². The summed E-state index contributed by atoms with van der Waals surface area (Å²) in [6.45, 7) is 4.69. The Kier molecular flexibility index (Phi) is 5.80. The van der Waals surface area contributed by atoms with Crippen LogP contribution in [0.1, 0.15) is 36.6 Å². The minimum absolute atomic E-state index is 0.553. The lowest BCUT2D eigenvalue weighted by Gasteiger charge is -2.14. The largest absolute Gasteiger partial charge is 0.380 e. The maximum absolute atomic E-state index is 8.35. The molecule has 26 heavy (non-hydrogen) atoms. The normalized spacial score (nSPS) is 10.9. The molecule has 3 aromatic rings. The van der Waals surface area contributed by atoms with E-state index in [-0.39, 0.29) is 0 Å². The van der Waals surface area contributed by atoms with E-state index in [1.54, 1.807) is 6.07 Å². The zero-order chi connectivity index (χ0) is 18.7. The molecule has 0 aliphatic rings. The number of aryl methyl sites for hydroxylation is 1. The summed E-state index contributed by atoms with van der Waals surface area (Å²) < 4.78 is 0. The van der Waals surface area contributed by atoms with Gasteiger partial charge in [0, 0.05) is 34.6 Å². The van der Waals surface area contributed by atoms with Crippen molar-refractivity contribution in [2.75, 3.05) is 5.32 Å². The fourth-order valence-electron chi connectivity index (χ4n) is 3.00. The van der Waals surface area contributed by atoms with Crippen LogP contribution in [0.4, 0.5) is 5.69 Å². The predicted molar refractivity (Wildman–Crippen MR) is 112 cm³/mol. The van der Waals surface area contributed by atoms with Crippen LogP contribution >= 0.6 is 23.2 Å². The molecule has 0 radical (unpaired) electrons. The summed E-state index contributed by atoms with van der Waals surface area (Å²) >= 11 is 12.1. The van der Waals surface area contributed by atoms with Crippen LogP contribution in [-0.4, -0.2) is 10.7 Å². The number of aromatic nitrogens is 1. The van der Waals surface area contributed by atoms with Gasteiger partial charge in [0.25, 0.3) is 0 Å². The van der Waals surface area contributed by atoms with Crippen LogP contribution in [0.25, 0.3) is 10.9 Å². The van der Waals surface area contributed by atoms with Gasteiger partial charge >= 0.3 is 0 Å². The SMILES string of the molecule is CCCC(=N)c1cccc2c(NCc3ccc(Cl)c(Cl)c3)cc(C)nc12. The molecule has 0 unspecified atom stereocenters. The molecular weight excluding hydrogens is 365 g/mol. The van der Waals surface area contributed by atoms with Crippen LogP contribution in [0.2, 0.25) is 10.0 Å². The van der Waals surface area contributed by atoms with Gasteiger partial charge < -0.3 is 10.7 Å². The van der Waals surface area contributed by atoms with Crippen molar-refractivity contribution in [3.05, 3.63) is 69.3 Å². The number of nitrogens with zero attached hydrogens (tertiary/aromatic N) is 1. The number of anilines is 1. The van der Waals surface area contributed by atoms with E-state index in [1.807, 2.05) is 43.3 Å². The lowest BCUT2D eigenvalue weighted by molar-refractivity contribution is 0.987. The fraction of sp³-hybridized carbons (Fsp3) is 0.238. The molecule has 3 rings (SSSR count). The summed E-state index contributed by atoms with van der Waals surface area (Å²) in [5.74, 6) is 0. The van der Waals surface area contributed by atoms with Gasteiger partial charge in [0.05, 0.1) is 15.6 Å². The maximum Gasteiger partial charge on any atom is 0.0816 e. The van der Waals surface area contributed by atoms with E-state index >= 15 is 0 Å². The van der Waals surface area contributed by atoms with Crippen LogP contribution < -0.4 is 5.32 Å². The number of rotatable bonds is 6. The number of nitrogens with one attached hydrogen (secondary N) is 2. The highest BCUT2D eigenvalue weighted by Crippen LogP contribution is 2.28. The van der Waals surface area contributed by atoms with Gasteiger partial charge in [-0.2, -0.15) is 0 Å². The van der Waals surface area contributed by atoms with Gasteiger partial charge in [-0.15, -0.1) is 0 Å². The zero-order valence-corrected chi connectivity index (χ0v) is 16.4. The Morgan fingerprint density at radius 3 is 2.65 bits per heavy atom. The molecule has 0 spiro atoms.